The first-order chi connectivity index (χ1) is 8.75. The molecule has 8 heteroatoms. The zero-order valence-electron chi connectivity index (χ0n) is 9.91. The summed E-state index contributed by atoms with van der Waals surface area (Å²) in [5.41, 5.74) is 5.70. The highest BCUT2D eigenvalue weighted by atomic mass is 79.9. The van der Waals surface area contributed by atoms with E-state index in [0.717, 1.165) is 4.47 Å². The number of benzene rings is 1. The highest BCUT2D eigenvalue weighted by Gasteiger charge is 2.43. The van der Waals surface area contributed by atoms with Gasteiger partial charge in [0.05, 0.1) is 0 Å². The molecule has 19 heavy (non-hydrogen) atoms. The molecule has 0 aliphatic rings. The summed E-state index contributed by atoms with van der Waals surface area (Å²) >= 11 is 3.23. The number of hydrogen-bond donors (Lipinski definition) is 2. The van der Waals surface area contributed by atoms with Crippen molar-refractivity contribution in [2.75, 3.05) is 6.61 Å². The first-order valence-corrected chi connectivity index (χ1v) is 5.98. The van der Waals surface area contributed by atoms with Crippen LogP contribution in [0.25, 0.3) is 0 Å². The van der Waals surface area contributed by atoms with Gasteiger partial charge in [-0.25, -0.2) is 0 Å². The number of halogens is 4. The molecule has 0 heterocycles. The van der Waals surface area contributed by atoms with E-state index in [1.165, 1.54) is 0 Å². The van der Waals surface area contributed by atoms with Crippen LogP contribution in [-0.4, -0.2) is 23.8 Å². The molecule has 0 spiro atoms. The summed E-state index contributed by atoms with van der Waals surface area (Å²) in [4.78, 5) is 0. The van der Waals surface area contributed by atoms with Crippen molar-refractivity contribution in [3.8, 4) is 5.75 Å². The first-order valence-electron chi connectivity index (χ1n) is 5.18. The van der Waals surface area contributed by atoms with E-state index in [4.69, 9.17) is 15.7 Å². The van der Waals surface area contributed by atoms with Crippen LogP contribution in [0.15, 0.2) is 27.8 Å². The Bertz CT molecular complexity index is 477. The third-order valence-corrected chi connectivity index (χ3v) is 2.90. The number of amidine groups is 1. The summed E-state index contributed by atoms with van der Waals surface area (Å²) in [7, 11) is 0. The van der Waals surface area contributed by atoms with E-state index >= 15 is 0 Å². The second-order valence-corrected chi connectivity index (χ2v) is 4.76. The van der Waals surface area contributed by atoms with Crippen molar-refractivity contribution in [3.05, 3.63) is 28.2 Å². The van der Waals surface area contributed by atoms with Crippen molar-refractivity contribution in [1.82, 2.24) is 0 Å². The minimum atomic E-state index is -4.64. The molecule has 1 atom stereocenters. The lowest BCUT2D eigenvalue weighted by Crippen LogP contribution is -2.40. The van der Waals surface area contributed by atoms with Gasteiger partial charge < -0.3 is 15.7 Å². The Balaban J connectivity index is 2.82. The Labute approximate surface area is 116 Å². The molecule has 1 unspecified atom stereocenters. The van der Waals surface area contributed by atoms with Crippen LogP contribution in [-0.2, 0) is 0 Å². The lowest BCUT2D eigenvalue weighted by atomic mass is 10.1. The molecular formula is C11H12BrF3N2O2. The van der Waals surface area contributed by atoms with Gasteiger partial charge in [-0.15, -0.1) is 0 Å². The van der Waals surface area contributed by atoms with Crippen molar-refractivity contribution in [1.29, 1.82) is 0 Å². The molecule has 1 rings (SSSR count). The van der Waals surface area contributed by atoms with Crippen LogP contribution in [0, 0.1) is 12.8 Å². The zero-order chi connectivity index (χ0) is 14.6. The predicted octanol–water partition coefficient (Wildman–Crippen LogP) is 3.06. The van der Waals surface area contributed by atoms with E-state index in [2.05, 4.69) is 21.1 Å². The Morgan fingerprint density at radius 2 is 2.16 bits per heavy atom. The normalized spacial score (nSPS) is 14.3. The molecule has 3 N–H and O–H groups in total. The Hall–Kier alpha value is -1.44. The minimum Gasteiger partial charge on any atom is -0.492 e. The van der Waals surface area contributed by atoms with Crippen LogP contribution in [0.2, 0.25) is 0 Å². The van der Waals surface area contributed by atoms with E-state index in [-0.39, 0.29) is 0 Å². The Morgan fingerprint density at radius 3 is 2.63 bits per heavy atom. The second-order valence-electron chi connectivity index (χ2n) is 3.84. The SMILES string of the molecule is Cc1cc(Br)ccc1OCC(/C(N)=N/O)C(F)(F)F. The molecule has 0 aliphatic carbocycles. The average molecular weight is 341 g/mol. The van der Waals surface area contributed by atoms with Gasteiger partial charge >= 0.3 is 6.18 Å². The van der Waals surface area contributed by atoms with Crippen molar-refractivity contribution >= 4 is 21.8 Å². The lowest BCUT2D eigenvalue weighted by molar-refractivity contribution is -0.162. The lowest BCUT2D eigenvalue weighted by Gasteiger charge is -2.20. The molecule has 1 aromatic rings. The third-order valence-electron chi connectivity index (χ3n) is 2.41. The average Bonchev–Trinajstić information content (AvgIpc) is 2.29. The smallest absolute Gasteiger partial charge is 0.402 e. The van der Waals surface area contributed by atoms with Gasteiger partial charge in [-0.05, 0) is 30.7 Å². The molecule has 106 valence electrons. The summed E-state index contributed by atoms with van der Waals surface area (Å²) in [6.07, 6.45) is -4.64. The van der Waals surface area contributed by atoms with Gasteiger partial charge in [-0.2, -0.15) is 13.2 Å². The molecule has 0 fully saturated rings. The summed E-state index contributed by atoms with van der Waals surface area (Å²) in [6.45, 7) is 0.952. The summed E-state index contributed by atoms with van der Waals surface area (Å²) in [5.74, 6) is -2.77. The molecular weight excluding hydrogens is 329 g/mol. The predicted molar refractivity (Wildman–Crippen MR) is 67.3 cm³/mol. The van der Waals surface area contributed by atoms with E-state index in [0.29, 0.717) is 11.3 Å². The molecule has 0 saturated carbocycles. The maximum atomic E-state index is 12.7. The maximum absolute atomic E-state index is 12.7. The van der Waals surface area contributed by atoms with Crippen LogP contribution in [0.4, 0.5) is 13.2 Å². The molecule has 1 aromatic carbocycles. The van der Waals surface area contributed by atoms with Crippen molar-refractivity contribution in [3.63, 3.8) is 0 Å². The monoisotopic (exact) mass is 340 g/mol. The number of aryl methyl sites for hydroxylation is 1. The number of nitrogens with two attached hydrogens (primary N) is 1. The standard InChI is InChI=1S/C11H12BrF3N2O2/c1-6-4-7(12)2-3-9(6)19-5-8(10(16)17-18)11(13,14)15/h2-4,8,18H,5H2,1H3,(H2,16,17). The highest BCUT2D eigenvalue weighted by molar-refractivity contribution is 9.10. The molecule has 4 nitrogen and oxygen atoms in total. The fourth-order valence-corrected chi connectivity index (χ4v) is 1.84. The number of hydrogen-bond acceptors (Lipinski definition) is 3. The van der Waals surface area contributed by atoms with Crippen molar-refractivity contribution in [2.24, 2.45) is 16.8 Å². The number of rotatable bonds is 4. The second kappa shape index (κ2) is 6.14. The molecule has 0 radical (unpaired) electrons. The van der Waals surface area contributed by atoms with Crippen LogP contribution in [0.3, 0.4) is 0 Å². The molecule has 0 aliphatic heterocycles. The molecule has 0 aromatic heterocycles. The summed E-state index contributed by atoms with van der Waals surface area (Å²) in [6, 6.07) is 4.90. The number of oxime groups is 1. The Morgan fingerprint density at radius 1 is 1.53 bits per heavy atom. The van der Waals surface area contributed by atoms with Gasteiger partial charge in [0.1, 0.15) is 18.3 Å². The third kappa shape index (κ3) is 4.30. The zero-order valence-corrected chi connectivity index (χ0v) is 11.5. The minimum absolute atomic E-state index is 0.309. The molecule has 0 bridgehead atoms. The quantitative estimate of drug-likeness (QED) is 0.383. The Kier molecular flexibility index (Phi) is 5.04. The number of ether oxygens (including phenoxy) is 1. The fraction of sp³-hybridized carbons (Fsp3) is 0.364. The van der Waals surface area contributed by atoms with Gasteiger partial charge in [0.25, 0.3) is 0 Å². The highest BCUT2D eigenvalue weighted by Crippen LogP contribution is 2.28. The van der Waals surface area contributed by atoms with Gasteiger partial charge in [-0.3, -0.25) is 0 Å². The van der Waals surface area contributed by atoms with E-state index in [1.54, 1.807) is 25.1 Å². The van der Waals surface area contributed by atoms with E-state index in [1.807, 2.05) is 0 Å². The maximum Gasteiger partial charge on any atom is 0.402 e. The van der Waals surface area contributed by atoms with Crippen molar-refractivity contribution in [2.45, 2.75) is 13.1 Å². The van der Waals surface area contributed by atoms with Crippen LogP contribution >= 0.6 is 15.9 Å². The molecule has 0 saturated heterocycles. The number of nitrogens with zero attached hydrogens (tertiary/aromatic N) is 1. The van der Waals surface area contributed by atoms with Gasteiger partial charge in [-0.1, -0.05) is 21.1 Å². The fourth-order valence-electron chi connectivity index (χ4n) is 1.37. The summed E-state index contributed by atoms with van der Waals surface area (Å²) < 4.78 is 43.9. The largest absolute Gasteiger partial charge is 0.492 e. The van der Waals surface area contributed by atoms with Crippen molar-refractivity contribution < 1.29 is 23.1 Å². The van der Waals surface area contributed by atoms with Gasteiger partial charge in [0.2, 0.25) is 0 Å². The van der Waals surface area contributed by atoms with Gasteiger partial charge in [0, 0.05) is 4.47 Å². The van der Waals surface area contributed by atoms with Crippen LogP contribution < -0.4 is 10.5 Å². The number of alkyl halides is 3. The van der Waals surface area contributed by atoms with E-state index < -0.39 is 24.5 Å². The topological polar surface area (TPSA) is 67.8 Å². The van der Waals surface area contributed by atoms with Gasteiger partial charge in [0.15, 0.2) is 5.84 Å². The summed E-state index contributed by atoms with van der Waals surface area (Å²) in [5, 5.41) is 10.7. The van der Waals surface area contributed by atoms with Crippen LogP contribution in [0.5, 0.6) is 5.75 Å². The van der Waals surface area contributed by atoms with E-state index in [9.17, 15) is 13.2 Å². The first kappa shape index (κ1) is 15.6. The van der Waals surface area contributed by atoms with Crippen LogP contribution in [0.1, 0.15) is 5.56 Å². The molecule has 0 amide bonds.